The van der Waals surface area contributed by atoms with E-state index in [0.717, 1.165) is 5.56 Å². The molecule has 0 fully saturated rings. The molecule has 0 radical (unpaired) electrons. The van der Waals surface area contributed by atoms with Gasteiger partial charge in [-0.1, -0.05) is 6.07 Å². The van der Waals surface area contributed by atoms with Crippen molar-refractivity contribution in [1.29, 1.82) is 0 Å². The average Bonchev–Trinajstić information content (AvgIpc) is 3.15. The number of carbonyl (C=O) groups excluding carboxylic acids is 1. The number of carbonyl (C=O) groups is 1. The first-order valence-corrected chi connectivity index (χ1v) is 9.12. The van der Waals surface area contributed by atoms with E-state index in [0.29, 0.717) is 28.9 Å². The Bertz CT molecular complexity index is 996. The number of ether oxygens (including phenoxy) is 2. The zero-order chi connectivity index (χ0) is 19.2. The minimum Gasteiger partial charge on any atom is -0.497 e. The Hall–Kier alpha value is -3.13. The van der Waals surface area contributed by atoms with Crippen molar-refractivity contribution >= 4 is 22.4 Å². The molecule has 0 aliphatic heterocycles. The van der Waals surface area contributed by atoms with E-state index in [1.165, 1.54) is 22.0 Å². The van der Waals surface area contributed by atoms with Crippen molar-refractivity contribution in [3.63, 3.8) is 0 Å². The molecule has 7 nitrogen and oxygen atoms in total. The van der Waals surface area contributed by atoms with Crippen LogP contribution in [0.5, 0.6) is 11.5 Å². The summed E-state index contributed by atoms with van der Waals surface area (Å²) in [7, 11) is 3.18. The van der Waals surface area contributed by atoms with Crippen LogP contribution in [0.1, 0.15) is 6.42 Å². The van der Waals surface area contributed by atoms with Gasteiger partial charge in [0.1, 0.15) is 11.5 Å². The molecule has 1 aromatic carbocycles. The molecule has 0 spiro atoms. The third kappa shape index (κ3) is 4.53. The SMILES string of the molecule is COc1ccc(OC)c(-c2csc(NC(=O)CCn3ccccc3=O)n2)c1. The molecule has 3 aromatic rings. The molecule has 0 atom stereocenters. The first kappa shape index (κ1) is 18.7. The zero-order valence-corrected chi connectivity index (χ0v) is 15.8. The van der Waals surface area contributed by atoms with Gasteiger partial charge >= 0.3 is 0 Å². The number of hydrogen-bond acceptors (Lipinski definition) is 6. The van der Waals surface area contributed by atoms with E-state index < -0.39 is 0 Å². The van der Waals surface area contributed by atoms with E-state index in [1.807, 2.05) is 23.6 Å². The number of amides is 1. The fourth-order valence-electron chi connectivity index (χ4n) is 2.52. The quantitative estimate of drug-likeness (QED) is 0.676. The maximum atomic E-state index is 12.2. The van der Waals surface area contributed by atoms with Gasteiger partial charge in [-0.3, -0.25) is 9.59 Å². The second kappa shape index (κ2) is 8.50. The van der Waals surface area contributed by atoms with Crippen LogP contribution < -0.4 is 20.3 Å². The third-order valence-corrected chi connectivity index (χ3v) is 4.67. The molecule has 0 aliphatic carbocycles. The van der Waals surface area contributed by atoms with E-state index in [2.05, 4.69) is 10.3 Å². The molecule has 140 valence electrons. The van der Waals surface area contributed by atoms with E-state index >= 15 is 0 Å². The maximum Gasteiger partial charge on any atom is 0.250 e. The van der Waals surface area contributed by atoms with Crippen LogP contribution in [-0.2, 0) is 11.3 Å². The fourth-order valence-corrected chi connectivity index (χ4v) is 3.24. The number of nitrogens with zero attached hydrogens (tertiary/aromatic N) is 2. The van der Waals surface area contributed by atoms with Gasteiger partial charge in [0.05, 0.1) is 19.9 Å². The lowest BCUT2D eigenvalue weighted by Gasteiger charge is -2.08. The van der Waals surface area contributed by atoms with E-state index in [9.17, 15) is 9.59 Å². The summed E-state index contributed by atoms with van der Waals surface area (Å²) in [5, 5.41) is 5.10. The van der Waals surface area contributed by atoms with E-state index in [4.69, 9.17) is 9.47 Å². The second-order valence-corrected chi connectivity index (χ2v) is 6.49. The molecule has 0 saturated carbocycles. The molecular weight excluding hydrogens is 366 g/mol. The summed E-state index contributed by atoms with van der Waals surface area (Å²) in [6.07, 6.45) is 1.84. The Balaban J connectivity index is 1.68. The second-order valence-electron chi connectivity index (χ2n) is 5.63. The van der Waals surface area contributed by atoms with Gasteiger partial charge in [0.25, 0.3) is 5.56 Å². The Labute approximate surface area is 160 Å². The molecule has 1 N–H and O–H groups in total. The number of rotatable bonds is 7. The highest BCUT2D eigenvalue weighted by atomic mass is 32.1. The monoisotopic (exact) mass is 385 g/mol. The third-order valence-electron chi connectivity index (χ3n) is 3.91. The number of aryl methyl sites for hydroxylation is 1. The molecule has 3 rings (SSSR count). The van der Waals surface area contributed by atoms with E-state index in [-0.39, 0.29) is 17.9 Å². The predicted octanol–water partition coefficient (Wildman–Crippen LogP) is 3.02. The van der Waals surface area contributed by atoms with Crippen molar-refractivity contribution in [2.75, 3.05) is 19.5 Å². The lowest BCUT2D eigenvalue weighted by atomic mass is 10.1. The minimum atomic E-state index is -0.204. The number of pyridine rings is 1. The van der Waals surface area contributed by atoms with Crippen LogP contribution in [0.2, 0.25) is 0 Å². The number of methoxy groups -OCH3 is 2. The van der Waals surface area contributed by atoms with Crippen LogP contribution in [0.3, 0.4) is 0 Å². The summed E-state index contributed by atoms with van der Waals surface area (Å²) in [6.45, 7) is 0.313. The van der Waals surface area contributed by atoms with Gasteiger partial charge in [-0.25, -0.2) is 4.98 Å². The maximum absolute atomic E-state index is 12.2. The summed E-state index contributed by atoms with van der Waals surface area (Å²) in [5.41, 5.74) is 1.33. The van der Waals surface area contributed by atoms with Gasteiger partial charge in [0.15, 0.2) is 5.13 Å². The lowest BCUT2D eigenvalue weighted by Crippen LogP contribution is -2.21. The fraction of sp³-hybridized carbons (Fsp3) is 0.211. The molecule has 2 aromatic heterocycles. The zero-order valence-electron chi connectivity index (χ0n) is 15.0. The molecule has 0 bridgehead atoms. The van der Waals surface area contributed by atoms with Crippen LogP contribution >= 0.6 is 11.3 Å². The van der Waals surface area contributed by atoms with Crippen molar-refractivity contribution in [3.8, 4) is 22.8 Å². The molecule has 2 heterocycles. The molecule has 8 heteroatoms. The number of hydrogen-bond donors (Lipinski definition) is 1. The highest BCUT2D eigenvalue weighted by Gasteiger charge is 2.13. The Morgan fingerprint density at radius 1 is 1.22 bits per heavy atom. The van der Waals surface area contributed by atoms with Gasteiger partial charge in [-0.05, 0) is 24.3 Å². The minimum absolute atomic E-state index is 0.132. The highest BCUT2D eigenvalue weighted by Crippen LogP contribution is 2.35. The first-order chi connectivity index (χ1) is 13.1. The molecule has 0 saturated heterocycles. The van der Waals surface area contributed by atoms with Crippen LogP contribution in [0.4, 0.5) is 5.13 Å². The summed E-state index contributed by atoms with van der Waals surface area (Å²) >= 11 is 1.32. The van der Waals surface area contributed by atoms with Crippen LogP contribution in [-0.4, -0.2) is 29.7 Å². The molecule has 0 unspecified atom stereocenters. The van der Waals surface area contributed by atoms with Crippen LogP contribution in [0.25, 0.3) is 11.3 Å². The topological polar surface area (TPSA) is 82.5 Å². The summed E-state index contributed by atoms with van der Waals surface area (Å²) in [4.78, 5) is 28.3. The lowest BCUT2D eigenvalue weighted by molar-refractivity contribution is -0.116. The summed E-state index contributed by atoms with van der Waals surface area (Å²) in [6, 6.07) is 10.3. The van der Waals surface area contributed by atoms with Crippen molar-refractivity contribution in [3.05, 3.63) is 58.3 Å². The molecule has 0 aliphatic rings. The Morgan fingerprint density at radius 2 is 2.07 bits per heavy atom. The summed E-state index contributed by atoms with van der Waals surface area (Å²) < 4.78 is 12.1. The molecule has 1 amide bonds. The smallest absolute Gasteiger partial charge is 0.250 e. The highest BCUT2D eigenvalue weighted by molar-refractivity contribution is 7.14. The first-order valence-electron chi connectivity index (χ1n) is 8.24. The van der Waals surface area contributed by atoms with Gasteiger partial charge in [0, 0.05) is 36.2 Å². The van der Waals surface area contributed by atoms with Gasteiger partial charge < -0.3 is 19.4 Å². The van der Waals surface area contributed by atoms with Crippen molar-refractivity contribution in [2.24, 2.45) is 0 Å². The number of benzene rings is 1. The molecular formula is C19H19N3O4S. The Kier molecular flexibility index (Phi) is 5.87. The van der Waals surface area contributed by atoms with Gasteiger partial charge in [-0.2, -0.15) is 0 Å². The number of nitrogens with one attached hydrogen (secondary N) is 1. The van der Waals surface area contributed by atoms with Crippen molar-refractivity contribution in [1.82, 2.24) is 9.55 Å². The van der Waals surface area contributed by atoms with Crippen LogP contribution in [0, 0.1) is 0 Å². The average molecular weight is 385 g/mol. The van der Waals surface area contributed by atoms with Crippen LogP contribution in [0.15, 0.2) is 52.8 Å². The standard InChI is InChI=1S/C19H19N3O4S/c1-25-13-6-7-16(26-2)14(11-13)15-12-27-19(20-15)21-17(23)8-10-22-9-4-3-5-18(22)24/h3-7,9,11-12H,8,10H2,1-2H3,(H,20,21,23). The van der Waals surface area contributed by atoms with Gasteiger partial charge in [0.2, 0.25) is 5.91 Å². The largest absolute Gasteiger partial charge is 0.497 e. The predicted molar refractivity (Wildman–Crippen MR) is 105 cm³/mol. The number of aromatic nitrogens is 2. The van der Waals surface area contributed by atoms with Crippen molar-refractivity contribution in [2.45, 2.75) is 13.0 Å². The van der Waals surface area contributed by atoms with E-state index in [1.54, 1.807) is 32.5 Å². The summed E-state index contributed by atoms with van der Waals surface area (Å²) in [5.74, 6) is 1.16. The molecule has 27 heavy (non-hydrogen) atoms. The number of anilines is 1. The van der Waals surface area contributed by atoms with Crippen molar-refractivity contribution < 1.29 is 14.3 Å². The normalized spacial score (nSPS) is 10.4. The Morgan fingerprint density at radius 3 is 2.81 bits per heavy atom. The number of thiazole rings is 1. The van der Waals surface area contributed by atoms with Gasteiger partial charge in [-0.15, -0.1) is 11.3 Å².